The molecule has 16 rings (SSSR count). The molecule has 5 nitrogen and oxygen atoms in total. The van der Waals surface area contributed by atoms with E-state index in [4.69, 9.17) is 0 Å². The molecule has 0 fully saturated rings. The molecule has 14 aromatic rings. The Labute approximate surface area is 489 Å². The number of hydrogen-bond acceptors (Lipinski definition) is 4. The summed E-state index contributed by atoms with van der Waals surface area (Å²) in [7, 11) is 0. The lowest BCUT2D eigenvalue weighted by Crippen LogP contribution is -2.33. The smallest absolute Gasteiger partial charge is 0.0756 e. The van der Waals surface area contributed by atoms with Gasteiger partial charge in [-0.3, -0.25) is 0 Å². The third-order valence-corrected chi connectivity index (χ3v) is 17.0. The zero-order valence-corrected chi connectivity index (χ0v) is 46.0. The van der Waals surface area contributed by atoms with Crippen molar-refractivity contribution in [1.29, 1.82) is 0 Å². The minimum Gasteiger partial charge on any atom is -0.310 e. The van der Waals surface area contributed by atoms with Crippen LogP contribution in [0.4, 0.5) is 68.2 Å². The molecule has 0 N–H and O–H groups in total. The molecule has 5 heteroatoms. The molecule has 2 heterocycles. The Kier molecular flexibility index (Phi) is 11.7. The van der Waals surface area contributed by atoms with Gasteiger partial charge in [0.15, 0.2) is 0 Å². The molecule has 1 aliphatic carbocycles. The van der Waals surface area contributed by atoms with Crippen LogP contribution in [-0.4, -0.2) is 4.57 Å². The Morgan fingerprint density at radius 1 is 0.214 bits per heavy atom. The highest BCUT2D eigenvalue weighted by Crippen LogP contribution is 2.63. The summed E-state index contributed by atoms with van der Waals surface area (Å²) in [5, 5.41) is 2.49. The highest BCUT2D eigenvalue weighted by Gasteiger charge is 2.51. The summed E-state index contributed by atoms with van der Waals surface area (Å²) in [5.41, 5.74) is 23.1. The molecule has 13 aromatic carbocycles. The minimum absolute atomic E-state index is 0.763. The molecule has 0 amide bonds. The molecule has 1 aliphatic heterocycles. The summed E-state index contributed by atoms with van der Waals surface area (Å²) in [6.07, 6.45) is 0. The van der Waals surface area contributed by atoms with Crippen LogP contribution < -0.4 is 19.6 Å². The Morgan fingerprint density at radius 2 is 0.524 bits per heavy atom. The zero-order valence-electron chi connectivity index (χ0n) is 46.0. The molecular weight excluding hydrogens is 1020 g/mol. The number of para-hydroxylation sites is 9. The van der Waals surface area contributed by atoms with Gasteiger partial charge < -0.3 is 24.2 Å². The lowest BCUT2D eigenvalue weighted by Gasteiger charge is -2.40. The number of rotatable bonds is 12. The van der Waals surface area contributed by atoms with Crippen molar-refractivity contribution < 1.29 is 0 Å². The zero-order chi connectivity index (χ0) is 55.6. The van der Waals surface area contributed by atoms with Crippen LogP contribution in [0.25, 0.3) is 38.6 Å². The van der Waals surface area contributed by atoms with E-state index in [-0.39, 0.29) is 0 Å². The average molecular weight is 1070 g/mol. The lowest BCUT2D eigenvalue weighted by molar-refractivity contribution is 0.748. The SMILES string of the molecule is c1ccc(N(c2ccccc2)c2cccc(N(c3ccccc3)c3ccc4c(c3)C3(c5cc(N(c6ccccc6)c6cccc(N(c7ccccc7)c7ccccc7)c6)ccc5-4)c4ccccc4-n4c5ccccc5c5cccc3c54)c2)cc1. The predicted molar refractivity (Wildman–Crippen MR) is 350 cm³/mol. The van der Waals surface area contributed by atoms with E-state index in [1.54, 1.807) is 0 Å². The van der Waals surface area contributed by atoms with Crippen molar-refractivity contribution in [3.05, 3.63) is 356 Å². The highest BCUT2D eigenvalue weighted by atomic mass is 15.2. The van der Waals surface area contributed by atoms with E-state index in [1.165, 1.54) is 60.9 Å². The van der Waals surface area contributed by atoms with Crippen LogP contribution in [0.3, 0.4) is 0 Å². The second kappa shape index (κ2) is 20.1. The van der Waals surface area contributed by atoms with Gasteiger partial charge in [0.25, 0.3) is 0 Å². The second-order valence-electron chi connectivity index (χ2n) is 21.7. The number of aromatic nitrogens is 1. The number of nitrogens with zero attached hydrogens (tertiary/aromatic N) is 5. The normalized spacial score (nSPS) is 12.4. The van der Waals surface area contributed by atoms with E-state index in [1.807, 2.05) is 0 Å². The minimum atomic E-state index is -0.763. The number of benzene rings is 13. The first-order chi connectivity index (χ1) is 41.7. The quantitative estimate of drug-likeness (QED) is 0.121. The summed E-state index contributed by atoms with van der Waals surface area (Å²) in [6, 6.07) is 122. The van der Waals surface area contributed by atoms with E-state index >= 15 is 0 Å². The Morgan fingerprint density at radius 3 is 0.952 bits per heavy atom. The summed E-state index contributed by atoms with van der Waals surface area (Å²) >= 11 is 0. The maximum Gasteiger partial charge on any atom is 0.0756 e. The van der Waals surface area contributed by atoms with Crippen LogP contribution in [0.1, 0.15) is 22.3 Å². The fourth-order valence-electron chi connectivity index (χ4n) is 13.7. The van der Waals surface area contributed by atoms with Crippen LogP contribution in [0, 0.1) is 0 Å². The van der Waals surface area contributed by atoms with Crippen LogP contribution in [0.15, 0.2) is 334 Å². The van der Waals surface area contributed by atoms with Gasteiger partial charge >= 0.3 is 0 Å². The van der Waals surface area contributed by atoms with Crippen molar-refractivity contribution in [2.45, 2.75) is 5.41 Å². The van der Waals surface area contributed by atoms with E-state index < -0.39 is 5.41 Å². The Hall–Kier alpha value is -11.1. The molecule has 0 radical (unpaired) electrons. The molecule has 1 aromatic heterocycles. The van der Waals surface area contributed by atoms with Gasteiger partial charge in [0, 0.05) is 79.0 Å². The maximum atomic E-state index is 2.53. The third-order valence-electron chi connectivity index (χ3n) is 17.0. The first kappa shape index (κ1) is 48.7. The molecular formula is C79H55N5. The first-order valence-corrected chi connectivity index (χ1v) is 28.8. The van der Waals surface area contributed by atoms with Crippen LogP contribution in [0.5, 0.6) is 0 Å². The standard InChI is InChI=1S/C79H55N5/c1-7-26-56(27-8-1)80(57-28-9-2-10-29-57)62-38-23-40-64(52-62)82(60-34-15-5-16-35-60)66-48-50-68-69-51-49-67(83(61-36-17-6-18-37-61)65-41-24-39-63(53-65)81(58-30-11-3-12-31-58)59-32-13-4-14-33-59)55-75(69)79(74(68)54-66)72-44-20-22-47-77(72)84-76-46-21-19-42-70(76)71-43-25-45-73(79)78(71)84/h1-55H. The van der Waals surface area contributed by atoms with Crippen molar-refractivity contribution in [2.24, 2.45) is 0 Å². The largest absolute Gasteiger partial charge is 0.310 e. The van der Waals surface area contributed by atoms with Gasteiger partial charge in [-0.15, -0.1) is 0 Å². The van der Waals surface area contributed by atoms with E-state index in [0.29, 0.717) is 0 Å². The number of hydrogen-bond donors (Lipinski definition) is 0. The summed E-state index contributed by atoms with van der Waals surface area (Å²) in [4.78, 5) is 9.55. The number of fused-ring (bicyclic) bond motifs is 12. The van der Waals surface area contributed by atoms with Crippen molar-refractivity contribution >= 4 is 90.1 Å². The van der Waals surface area contributed by atoms with Crippen molar-refractivity contribution in [3.8, 4) is 16.8 Å². The molecule has 1 spiro atoms. The molecule has 0 atom stereocenters. The van der Waals surface area contributed by atoms with Gasteiger partial charge in [-0.1, -0.05) is 188 Å². The molecule has 84 heavy (non-hydrogen) atoms. The molecule has 0 saturated heterocycles. The Bertz CT molecular complexity index is 4440. The van der Waals surface area contributed by atoms with Crippen LogP contribution >= 0.6 is 0 Å². The lowest BCUT2D eigenvalue weighted by atomic mass is 9.65. The van der Waals surface area contributed by atoms with Gasteiger partial charge in [0.05, 0.1) is 22.1 Å². The average Bonchev–Trinajstić information content (AvgIpc) is 1.68. The van der Waals surface area contributed by atoms with E-state index in [0.717, 1.165) is 68.2 Å². The molecule has 2 aliphatic rings. The van der Waals surface area contributed by atoms with E-state index in [2.05, 4.69) is 358 Å². The number of anilines is 12. The van der Waals surface area contributed by atoms with Gasteiger partial charge in [-0.05, 0) is 179 Å². The fraction of sp³-hybridized carbons (Fsp3) is 0.0127. The summed E-state index contributed by atoms with van der Waals surface area (Å²) < 4.78 is 2.53. The summed E-state index contributed by atoms with van der Waals surface area (Å²) in [5.74, 6) is 0. The van der Waals surface area contributed by atoms with Gasteiger partial charge in [0.1, 0.15) is 0 Å². The maximum absolute atomic E-state index is 2.53. The van der Waals surface area contributed by atoms with Crippen LogP contribution in [-0.2, 0) is 5.41 Å². The van der Waals surface area contributed by atoms with Crippen LogP contribution in [0.2, 0.25) is 0 Å². The van der Waals surface area contributed by atoms with Crippen molar-refractivity contribution in [1.82, 2.24) is 4.57 Å². The molecule has 0 unspecified atom stereocenters. The predicted octanol–water partition coefficient (Wildman–Crippen LogP) is 21.3. The second-order valence-corrected chi connectivity index (χ2v) is 21.7. The highest BCUT2D eigenvalue weighted by molar-refractivity contribution is 6.13. The monoisotopic (exact) mass is 1070 g/mol. The van der Waals surface area contributed by atoms with Gasteiger partial charge in [-0.25, -0.2) is 0 Å². The van der Waals surface area contributed by atoms with Gasteiger partial charge in [-0.2, -0.15) is 0 Å². The topological polar surface area (TPSA) is 17.9 Å². The van der Waals surface area contributed by atoms with E-state index in [9.17, 15) is 0 Å². The fourth-order valence-corrected chi connectivity index (χ4v) is 13.7. The van der Waals surface area contributed by atoms with Crippen molar-refractivity contribution in [2.75, 3.05) is 19.6 Å². The molecule has 0 bridgehead atoms. The first-order valence-electron chi connectivity index (χ1n) is 28.8. The molecule has 396 valence electrons. The third kappa shape index (κ3) is 7.78. The summed E-state index contributed by atoms with van der Waals surface area (Å²) in [6.45, 7) is 0. The van der Waals surface area contributed by atoms with Gasteiger partial charge in [0.2, 0.25) is 0 Å². The Balaban J connectivity index is 0.937. The van der Waals surface area contributed by atoms with Crippen molar-refractivity contribution in [3.63, 3.8) is 0 Å². The molecule has 0 saturated carbocycles.